The Morgan fingerprint density at radius 3 is 3.07 bits per heavy atom. The third-order valence-corrected chi connectivity index (χ3v) is 2.65. The summed E-state index contributed by atoms with van der Waals surface area (Å²) in [5, 5.41) is 9.79. The van der Waals surface area contributed by atoms with Crippen LogP contribution in [0.1, 0.15) is 26.2 Å². The van der Waals surface area contributed by atoms with Crippen LogP contribution in [0.3, 0.4) is 0 Å². The first-order chi connectivity index (χ1) is 7.20. The Balaban J connectivity index is 2.65. The summed E-state index contributed by atoms with van der Waals surface area (Å²) in [6, 6.07) is -0.171. The number of amides is 1. The molecule has 0 aromatic carbocycles. The Labute approximate surface area is 90.5 Å². The van der Waals surface area contributed by atoms with E-state index in [1.165, 1.54) is 0 Å². The first-order valence-electron chi connectivity index (χ1n) is 5.43. The van der Waals surface area contributed by atoms with Crippen molar-refractivity contribution in [3.8, 4) is 0 Å². The molecule has 86 valence electrons. The van der Waals surface area contributed by atoms with E-state index in [-0.39, 0.29) is 12.1 Å². The summed E-state index contributed by atoms with van der Waals surface area (Å²) >= 11 is 0. The van der Waals surface area contributed by atoms with E-state index in [4.69, 9.17) is 4.74 Å². The molecule has 1 N–H and O–H groups in total. The maximum Gasteiger partial charge on any atom is 0.410 e. The van der Waals surface area contributed by atoms with Crippen LogP contribution < -0.4 is 0 Å². The summed E-state index contributed by atoms with van der Waals surface area (Å²) in [7, 11) is 0. The molecule has 1 heterocycles. The molecule has 0 aromatic heterocycles. The molecule has 1 aliphatic rings. The Kier molecular flexibility index (Phi) is 4.62. The molecule has 1 fully saturated rings. The summed E-state index contributed by atoms with van der Waals surface area (Å²) in [6.45, 7) is 6.45. The lowest BCUT2D eigenvalue weighted by Gasteiger charge is -2.37. The lowest BCUT2D eigenvalue weighted by molar-refractivity contribution is 0.00787. The van der Waals surface area contributed by atoms with Gasteiger partial charge in [0.05, 0.1) is 18.8 Å². The zero-order valence-electron chi connectivity index (χ0n) is 9.19. The van der Waals surface area contributed by atoms with Crippen LogP contribution in [0, 0.1) is 0 Å². The Morgan fingerprint density at radius 2 is 2.47 bits per heavy atom. The molecule has 0 aromatic rings. The zero-order chi connectivity index (χ0) is 11.3. The minimum atomic E-state index is -0.457. The second-order valence-electron chi connectivity index (χ2n) is 3.69. The van der Waals surface area contributed by atoms with Gasteiger partial charge in [0.25, 0.3) is 0 Å². The minimum Gasteiger partial charge on any atom is -0.450 e. The van der Waals surface area contributed by atoms with Crippen LogP contribution in [0.5, 0.6) is 0 Å². The van der Waals surface area contributed by atoms with Gasteiger partial charge < -0.3 is 14.7 Å². The first-order valence-corrected chi connectivity index (χ1v) is 5.43. The van der Waals surface area contributed by atoms with Crippen LogP contribution in [0.2, 0.25) is 0 Å². The normalized spacial score (nSPS) is 26.1. The fraction of sp³-hybridized carbons (Fsp3) is 0.727. The van der Waals surface area contributed by atoms with Crippen molar-refractivity contribution < 1.29 is 14.6 Å². The molecule has 0 spiro atoms. The van der Waals surface area contributed by atoms with E-state index in [1.807, 2.05) is 0 Å². The smallest absolute Gasteiger partial charge is 0.410 e. The van der Waals surface area contributed by atoms with Gasteiger partial charge in [-0.25, -0.2) is 4.79 Å². The van der Waals surface area contributed by atoms with Gasteiger partial charge in [-0.3, -0.25) is 0 Å². The number of nitrogens with zero attached hydrogens (tertiary/aromatic N) is 1. The summed E-state index contributed by atoms with van der Waals surface area (Å²) < 4.78 is 4.95. The van der Waals surface area contributed by atoms with Gasteiger partial charge >= 0.3 is 6.09 Å². The highest BCUT2D eigenvalue weighted by atomic mass is 16.6. The second-order valence-corrected chi connectivity index (χ2v) is 3.69. The molecule has 0 aliphatic carbocycles. The Bertz CT molecular complexity index is 230. The quantitative estimate of drug-likeness (QED) is 0.723. The molecule has 1 saturated heterocycles. The van der Waals surface area contributed by atoms with E-state index < -0.39 is 6.10 Å². The number of rotatable bonds is 3. The lowest BCUT2D eigenvalue weighted by atomic mass is 9.97. The van der Waals surface area contributed by atoms with E-state index in [1.54, 1.807) is 17.9 Å². The lowest BCUT2D eigenvalue weighted by Crippen LogP contribution is -2.50. The maximum atomic E-state index is 11.6. The molecule has 2 unspecified atom stereocenters. The van der Waals surface area contributed by atoms with Crippen molar-refractivity contribution in [2.45, 2.75) is 38.3 Å². The monoisotopic (exact) mass is 213 g/mol. The fourth-order valence-electron chi connectivity index (χ4n) is 1.92. The largest absolute Gasteiger partial charge is 0.450 e. The second kappa shape index (κ2) is 5.75. The van der Waals surface area contributed by atoms with Crippen LogP contribution in [-0.4, -0.2) is 41.4 Å². The summed E-state index contributed by atoms with van der Waals surface area (Å²) in [5.41, 5.74) is 0. The molecule has 1 aliphatic heterocycles. The zero-order valence-corrected chi connectivity index (χ0v) is 9.19. The van der Waals surface area contributed by atoms with Gasteiger partial charge in [0, 0.05) is 6.54 Å². The number of hydrogen-bond donors (Lipinski definition) is 1. The van der Waals surface area contributed by atoms with Crippen molar-refractivity contribution in [3.05, 3.63) is 12.7 Å². The maximum absolute atomic E-state index is 11.6. The highest BCUT2D eigenvalue weighted by molar-refractivity contribution is 5.68. The number of aliphatic hydroxyl groups is 1. The number of likely N-dealkylation sites (tertiary alicyclic amines) is 1. The predicted molar refractivity (Wildman–Crippen MR) is 57.6 cm³/mol. The van der Waals surface area contributed by atoms with Gasteiger partial charge in [-0.05, 0) is 26.2 Å². The average molecular weight is 213 g/mol. The number of aliphatic hydroxyl groups excluding tert-OH is 1. The van der Waals surface area contributed by atoms with Gasteiger partial charge in [-0.2, -0.15) is 0 Å². The molecule has 15 heavy (non-hydrogen) atoms. The van der Waals surface area contributed by atoms with Crippen molar-refractivity contribution in [2.24, 2.45) is 0 Å². The summed E-state index contributed by atoms with van der Waals surface area (Å²) in [4.78, 5) is 13.2. The van der Waals surface area contributed by atoms with Gasteiger partial charge in [0.1, 0.15) is 0 Å². The Morgan fingerprint density at radius 1 is 1.73 bits per heavy atom. The third-order valence-electron chi connectivity index (χ3n) is 2.65. The van der Waals surface area contributed by atoms with Crippen LogP contribution in [0.15, 0.2) is 12.7 Å². The number of carbonyl (C=O) groups is 1. The first kappa shape index (κ1) is 12.0. The average Bonchev–Trinajstić information content (AvgIpc) is 2.21. The van der Waals surface area contributed by atoms with E-state index >= 15 is 0 Å². The molecule has 1 amide bonds. The number of piperidine rings is 1. The topological polar surface area (TPSA) is 49.8 Å². The van der Waals surface area contributed by atoms with Crippen LogP contribution in [0.4, 0.5) is 4.79 Å². The highest BCUT2D eigenvalue weighted by Crippen LogP contribution is 2.21. The minimum absolute atomic E-state index is 0.171. The van der Waals surface area contributed by atoms with Crippen LogP contribution >= 0.6 is 0 Å². The van der Waals surface area contributed by atoms with Crippen LogP contribution in [0.25, 0.3) is 0 Å². The molecule has 0 saturated carbocycles. The van der Waals surface area contributed by atoms with E-state index in [9.17, 15) is 9.90 Å². The van der Waals surface area contributed by atoms with Crippen molar-refractivity contribution in [3.63, 3.8) is 0 Å². The van der Waals surface area contributed by atoms with Crippen molar-refractivity contribution in [2.75, 3.05) is 13.2 Å². The number of carbonyl (C=O) groups excluding carboxylic acids is 1. The predicted octanol–water partition coefficient (Wildman–Crippen LogP) is 1.54. The van der Waals surface area contributed by atoms with E-state index in [0.717, 1.165) is 12.8 Å². The number of ether oxygens (including phenoxy) is 1. The molecule has 2 atom stereocenters. The SMILES string of the molecule is C=CCC1C(O)CCCN1C(=O)OCC. The van der Waals surface area contributed by atoms with Crippen molar-refractivity contribution in [1.82, 2.24) is 4.90 Å². The molecule has 0 bridgehead atoms. The molecule has 4 heteroatoms. The van der Waals surface area contributed by atoms with Gasteiger partial charge in [0.15, 0.2) is 0 Å². The molecule has 1 rings (SSSR count). The molecule has 0 radical (unpaired) electrons. The van der Waals surface area contributed by atoms with Crippen LogP contribution in [-0.2, 0) is 4.74 Å². The summed E-state index contributed by atoms with van der Waals surface area (Å²) in [6.07, 6.45) is 3.12. The summed E-state index contributed by atoms with van der Waals surface area (Å²) in [5.74, 6) is 0. The van der Waals surface area contributed by atoms with Gasteiger partial charge in [-0.1, -0.05) is 6.08 Å². The standard InChI is InChI=1S/C11H19NO3/c1-3-6-9-10(13)7-5-8-12(9)11(14)15-4-2/h3,9-10,13H,1,4-8H2,2H3. The van der Waals surface area contributed by atoms with E-state index in [2.05, 4.69) is 6.58 Å². The van der Waals surface area contributed by atoms with Crippen molar-refractivity contribution in [1.29, 1.82) is 0 Å². The molecular formula is C11H19NO3. The van der Waals surface area contributed by atoms with Crippen molar-refractivity contribution >= 4 is 6.09 Å². The Hall–Kier alpha value is -1.03. The third kappa shape index (κ3) is 2.96. The molecular weight excluding hydrogens is 194 g/mol. The number of hydrogen-bond acceptors (Lipinski definition) is 3. The fourth-order valence-corrected chi connectivity index (χ4v) is 1.92. The van der Waals surface area contributed by atoms with Gasteiger partial charge in [-0.15, -0.1) is 6.58 Å². The molecule has 4 nitrogen and oxygen atoms in total. The highest BCUT2D eigenvalue weighted by Gasteiger charge is 2.32. The van der Waals surface area contributed by atoms with Gasteiger partial charge in [0.2, 0.25) is 0 Å². The van der Waals surface area contributed by atoms with E-state index in [0.29, 0.717) is 19.6 Å².